The van der Waals surface area contributed by atoms with E-state index in [2.05, 4.69) is 0 Å². The highest BCUT2D eigenvalue weighted by Gasteiger charge is 2.24. The van der Waals surface area contributed by atoms with Crippen LogP contribution in [0, 0.1) is 0 Å². The quantitative estimate of drug-likeness (QED) is 0.675. The molecule has 4 heteroatoms. The molecule has 0 aliphatic heterocycles. The second-order valence-corrected chi connectivity index (χ2v) is 4.18. The normalized spacial score (nSPS) is 13.9. The van der Waals surface area contributed by atoms with E-state index in [9.17, 15) is 9.90 Å². The Labute approximate surface area is 86.1 Å². The zero-order chi connectivity index (χ0) is 11.4. The zero-order valence-corrected chi connectivity index (χ0v) is 9.58. The van der Waals surface area contributed by atoms with Crippen LogP contribution in [0.15, 0.2) is 0 Å². The summed E-state index contributed by atoms with van der Waals surface area (Å²) in [5.74, 6) is -0.0860. The molecule has 0 aromatic carbocycles. The van der Waals surface area contributed by atoms with Crippen LogP contribution in [-0.4, -0.2) is 40.6 Å². The third-order valence-electron chi connectivity index (χ3n) is 2.03. The lowest BCUT2D eigenvalue weighted by molar-refractivity contribution is -0.135. The van der Waals surface area contributed by atoms with Crippen molar-refractivity contribution in [1.82, 2.24) is 4.90 Å². The van der Waals surface area contributed by atoms with Crippen LogP contribution in [-0.2, 0) is 4.79 Å². The van der Waals surface area contributed by atoms with E-state index in [1.807, 2.05) is 13.8 Å². The SMILES string of the molecule is CC[C@@H](N)C(=O)N(CC)CC(C)(C)O. The van der Waals surface area contributed by atoms with E-state index >= 15 is 0 Å². The van der Waals surface area contributed by atoms with Crippen molar-refractivity contribution in [3.05, 3.63) is 0 Å². The maximum atomic E-state index is 11.7. The first-order valence-corrected chi connectivity index (χ1v) is 5.08. The van der Waals surface area contributed by atoms with Crippen molar-refractivity contribution in [2.45, 2.75) is 45.8 Å². The highest BCUT2D eigenvalue weighted by atomic mass is 16.3. The number of likely N-dealkylation sites (N-methyl/N-ethyl adjacent to an activating group) is 1. The smallest absolute Gasteiger partial charge is 0.239 e. The minimum Gasteiger partial charge on any atom is -0.389 e. The van der Waals surface area contributed by atoms with E-state index in [4.69, 9.17) is 5.73 Å². The van der Waals surface area contributed by atoms with Gasteiger partial charge >= 0.3 is 0 Å². The molecule has 0 radical (unpaired) electrons. The molecular weight excluding hydrogens is 180 g/mol. The summed E-state index contributed by atoms with van der Waals surface area (Å²) in [6.07, 6.45) is 0.626. The summed E-state index contributed by atoms with van der Waals surface area (Å²) in [6, 6.07) is -0.447. The predicted octanol–water partition coefficient (Wildman–Crippen LogP) is 0.343. The third kappa shape index (κ3) is 4.58. The van der Waals surface area contributed by atoms with Gasteiger partial charge in [0, 0.05) is 13.1 Å². The first kappa shape index (κ1) is 13.4. The third-order valence-corrected chi connectivity index (χ3v) is 2.03. The van der Waals surface area contributed by atoms with Crippen molar-refractivity contribution < 1.29 is 9.90 Å². The van der Waals surface area contributed by atoms with Gasteiger partial charge in [0.2, 0.25) is 5.91 Å². The fourth-order valence-corrected chi connectivity index (χ4v) is 1.22. The van der Waals surface area contributed by atoms with E-state index in [1.165, 1.54) is 0 Å². The van der Waals surface area contributed by atoms with Gasteiger partial charge in [-0.2, -0.15) is 0 Å². The number of aliphatic hydroxyl groups is 1. The van der Waals surface area contributed by atoms with Crippen molar-refractivity contribution >= 4 is 5.91 Å². The molecule has 0 aliphatic carbocycles. The molecule has 14 heavy (non-hydrogen) atoms. The average Bonchev–Trinajstić information content (AvgIpc) is 2.10. The summed E-state index contributed by atoms with van der Waals surface area (Å²) in [7, 11) is 0. The zero-order valence-electron chi connectivity index (χ0n) is 9.58. The lowest BCUT2D eigenvalue weighted by Gasteiger charge is -2.29. The molecule has 4 nitrogen and oxygen atoms in total. The largest absolute Gasteiger partial charge is 0.389 e. The maximum Gasteiger partial charge on any atom is 0.239 e. The van der Waals surface area contributed by atoms with Crippen LogP contribution < -0.4 is 5.73 Å². The molecule has 3 N–H and O–H groups in total. The Hall–Kier alpha value is -0.610. The van der Waals surface area contributed by atoms with Crippen LogP contribution in [0.2, 0.25) is 0 Å². The first-order chi connectivity index (χ1) is 6.31. The number of amides is 1. The molecule has 0 rings (SSSR count). The molecule has 84 valence electrons. The van der Waals surface area contributed by atoms with E-state index in [0.717, 1.165) is 0 Å². The molecule has 0 heterocycles. The molecule has 0 fully saturated rings. The standard InChI is InChI=1S/C10H22N2O2/c1-5-8(11)9(13)12(6-2)7-10(3,4)14/h8,14H,5-7,11H2,1-4H3/t8-/m1/s1. The van der Waals surface area contributed by atoms with Crippen LogP contribution in [0.25, 0.3) is 0 Å². The number of rotatable bonds is 5. The molecule has 0 aromatic heterocycles. The average molecular weight is 202 g/mol. The topological polar surface area (TPSA) is 66.6 Å². The van der Waals surface area contributed by atoms with Gasteiger partial charge in [0.15, 0.2) is 0 Å². The maximum absolute atomic E-state index is 11.7. The fourth-order valence-electron chi connectivity index (χ4n) is 1.22. The Balaban J connectivity index is 4.34. The van der Waals surface area contributed by atoms with Crippen LogP contribution in [0.1, 0.15) is 34.1 Å². The highest BCUT2D eigenvalue weighted by molar-refractivity contribution is 5.81. The lowest BCUT2D eigenvalue weighted by atomic mass is 10.1. The Kier molecular flexibility index (Phi) is 5.08. The highest BCUT2D eigenvalue weighted by Crippen LogP contribution is 2.06. The number of carbonyl (C=O) groups excluding carboxylic acids is 1. The molecule has 1 amide bonds. The molecule has 0 saturated carbocycles. The summed E-state index contributed by atoms with van der Waals surface area (Å²) < 4.78 is 0. The summed E-state index contributed by atoms with van der Waals surface area (Å²) in [6.45, 7) is 8.03. The molecule has 0 unspecified atom stereocenters. The van der Waals surface area contributed by atoms with Gasteiger partial charge in [-0.15, -0.1) is 0 Å². The van der Waals surface area contributed by atoms with Gasteiger partial charge in [-0.05, 0) is 27.2 Å². The fraction of sp³-hybridized carbons (Fsp3) is 0.900. The van der Waals surface area contributed by atoms with Crippen molar-refractivity contribution in [2.24, 2.45) is 5.73 Å². The van der Waals surface area contributed by atoms with Crippen LogP contribution in [0.5, 0.6) is 0 Å². The Morgan fingerprint density at radius 3 is 2.29 bits per heavy atom. The number of hydrogen-bond acceptors (Lipinski definition) is 3. The number of carbonyl (C=O) groups is 1. The second-order valence-electron chi connectivity index (χ2n) is 4.18. The van der Waals surface area contributed by atoms with Gasteiger partial charge in [-0.3, -0.25) is 4.79 Å². The van der Waals surface area contributed by atoms with Gasteiger partial charge in [0.25, 0.3) is 0 Å². The van der Waals surface area contributed by atoms with Gasteiger partial charge < -0.3 is 15.7 Å². The summed E-state index contributed by atoms with van der Waals surface area (Å²) in [4.78, 5) is 13.3. The molecule has 0 aromatic rings. The van der Waals surface area contributed by atoms with Crippen LogP contribution >= 0.6 is 0 Å². The van der Waals surface area contributed by atoms with E-state index < -0.39 is 11.6 Å². The minimum absolute atomic E-state index is 0.0860. The minimum atomic E-state index is -0.862. The lowest BCUT2D eigenvalue weighted by Crippen LogP contribution is -2.48. The second kappa shape index (κ2) is 5.32. The molecular formula is C10H22N2O2. The summed E-state index contributed by atoms with van der Waals surface area (Å²) in [5.41, 5.74) is 4.78. The van der Waals surface area contributed by atoms with Gasteiger partial charge in [-0.1, -0.05) is 6.92 Å². The van der Waals surface area contributed by atoms with E-state index in [0.29, 0.717) is 19.5 Å². The molecule has 0 saturated heterocycles. The van der Waals surface area contributed by atoms with Crippen molar-refractivity contribution in [1.29, 1.82) is 0 Å². The number of hydrogen-bond donors (Lipinski definition) is 2. The molecule has 0 bridgehead atoms. The van der Waals surface area contributed by atoms with E-state index in [-0.39, 0.29) is 5.91 Å². The van der Waals surface area contributed by atoms with Crippen molar-refractivity contribution in [3.63, 3.8) is 0 Å². The first-order valence-electron chi connectivity index (χ1n) is 5.08. The Morgan fingerprint density at radius 1 is 1.50 bits per heavy atom. The Morgan fingerprint density at radius 2 is 2.00 bits per heavy atom. The monoisotopic (exact) mass is 202 g/mol. The molecule has 0 aliphatic rings. The van der Waals surface area contributed by atoms with Gasteiger partial charge in [-0.25, -0.2) is 0 Å². The molecule has 0 spiro atoms. The van der Waals surface area contributed by atoms with Gasteiger partial charge in [0.1, 0.15) is 0 Å². The predicted molar refractivity (Wildman–Crippen MR) is 56.8 cm³/mol. The summed E-state index contributed by atoms with van der Waals surface area (Å²) in [5, 5.41) is 9.59. The van der Waals surface area contributed by atoms with Crippen LogP contribution in [0.4, 0.5) is 0 Å². The number of nitrogens with two attached hydrogens (primary N) is 1. The van der Waals surface area contributed by atoms with Gasteiger partial charge in [0.05, 0.1) is 11.6 Å². The molecule has 1 atom stereocenters. The summed E-state index contributed by atoms with van der Waals surface area (Å²) >= 11 is 0. The Bertz CT molecular complexity index is 187. The van der Waals surface area contributed by atoms with Crippen LogP contribution in [0.3, 0.4) is 0 Å². The van der Waals surface area contributed by atoms with Crippen molar-refractivity contribution in [3.8, 4) is 0 Å². The number of nitrogens with zero attached hydrogens (tertiary/aromatic N) is 1. The van der Waals surface area contributed by atoms with Crippen molar-refractivity contribution in [2.75, 3.05) is 13.1 Å². The van der Waals surface area contributed by atoms with E-state index in [1.54, 1.807) is 18.7 Å².